The number of hydrogen-bond acceptors (Lipinski definition) is 5. The standard InChI is InChI=1S/C10H21NO5S2/c1-10(2,3)16-9(12)11-8(5-6-17-4)7-18(13,14)15/h8H,5-7H2,1-4H3,(H,11,12)(H,13,14,15)/t8-/m0/s1. The molecule has 0 aliphatic carbocycles. The average molecular weight is 299 g/mol. The number of amides is 1. The SMILES string of the molecule is CSCC[C@@H](CS(=O)(=O)O)NC(=O)OC(C)(C)C. The van der Waals surface area contributed by atoms with E-state index < -0.39 is 33.6 Å². The Morgan fingerprint density at radius 3 is 2.39 bits per heavy atom. The van der Waals surface area contributed by atoms with Crippen molar-refractivity contribution in [3.8, 4) is 0 Å². The summed E-state index contributed by atoms with van der Waals surface area (Å²) in [5.74, 6) is 0.169. The molecule has 0 spiro atoms. The highest BCUT2D eigenvalue weighted by Crippen LogP contribution is 2.08. The van der Waals surface area contributed by atoms with E-state index in [1.807, 2.05) is 6.26 Å². The van der Waals surface area contributed by atoms with E-state index >= 15 is 0 Å². The van der Waals surface area contributed by atoms with Crippen molar-refractivity contribution >= 4 is 28.0 Å². The molecule has 1 atom stereocenters. The molecule has 2 N–H and O–H groups in total. The zero-order valence-corrected chi connectivity index (χ0v) is 12.7. The maximum absolute atomic E-state index is 11.5. The molecular weight excluding hydrogens is 278 g/mol. The molecule has 0 aliphatic heterocycles. The van der Waals surface area contributed by atoms with Crippen LogP contribution in [0.4, 0.5) is 4.79 Å². The first kappa shape index (κ1) is 17.5. The Bertz CT molecular complexity index is 361. The van der Waals surface area contributed by atoms with E-state index in [2.05, 4.69) is 5.32 Å². The van der Waals surface area contributed by atoms with Crippen molar-refractivity contribution in [2.24, 2.45) is 0 Å². The van der Waals surface area contributed by atoms with Crippen LogP contribution in [0.25, 0.3) is 0 Å². The van der Waals surface area contributed by atoms with Gasteiger partial charge in [0, 0.05) is 6.04 Å². The molecule has 8 heteroatoms. The lowest BCUT2D eigenvalue weighted by Crippen LogP contribution is -2.42. The summed E-state index contributed by atoms with van der Waals surface area (Å²) in [7, 11) is -4.12. The van der Waals surface area contributed by atoms with E-state index in [1.54, 1.807) is 20.8 Å². The van der Waals surface area contributed by atoms with Gasteiger partial charge in [0.1, 0.15) is 5.60 Å². The summed E-state index contributed by atoms with van der Waals surface area (Å²) in [5.41, 5.74) is -0.647. The minimum atomic E-state index is -4.12. The van der Waals surface area contributed by atoms with E-state index in [1.165, 1.54) is 11.8 Å². The van der Waals surface area contributed by atoms with Gasteiger partial charge in [-0.25, -0.2) is 4.79 Å². The second-order valence-corrected chi connectivity index (χ2v) is 7.36. The Labute approximate surface area is 113 Å². The molecule has 0 saturated heterocycles. The van der Waals surface area contributed by atoms with E-state index in [0.717, 1.165) is 0 Å². The number of hydrogen-bond donors (Lipinski definition) is 2. The Balaban J connectivity index is 4.44. The van der Waals surface area contributed by atoms with Crippen LogP contribution in [0.5, 0.6) is 0 Å². The molecule has 108 valence electrons. The first-order chi connectivity index (χ1) is 8.03. The maximum atomic E-state index is 11.5. The largest absolute Gasteiger partial charge is 0.444 e. The van der Waals surface area contributed by atoms with Crippen LogP contribution in [0.15, 0.2) is 0 Å². The minimum absolute atomic E-state index is 0.445. The summed E-state index contributed by atoms with van der Waals surface area (Å²) in [4.78, 5) is 11.5. The number of nitrogens with one attached hydrogen (secondary N) is 1. The van der Waals surface area contributed by atoms with Crippen molar-refractivity contribution in [1.29, 1.82) is 0 Å². The highest BCUT2D eigenvalue weighted by atomic mass is 32.2. The zero-order valence-electron chi connectivity index (χ0n) is 11.1. The topological polar surface area (TPSA) is 92.7 Å². The lowest BCUT2D eigenvalue weighted by Gasteiger charge is -2.23. The molecule has 1 amide bonds. The van der Waals surface area contributed by atoms with Crippen LogP contribution >= 0.6 is 11.8 Å². The summed E-state index contributed by atoms with van der Waals surface area (Å²) in [6.45, 7) is 5.14. The molecule has 0 unspecified atom stereocenters. The number of rotatable bonds is 6. The Hall–Kier alpha value is -0.470. The fourth-order valence-electron chi connectivity index (χ4n) is 1.19. The molecule has 0 fully saturated rings. The van der Waals surface area contributed by atoms with Crippen molar-refractivity contribution in [2.45, 2.75) is 38.8 Å². The number of carbonyl (C=O) groups is 1. The molecule has 0 heterocycles. The minimum Gasteiger partial charge on any atom is -0.444 e. The van der Waals surface area contributed by atoms with Gasteiger partial charge in [-0.3, -0.25) is 4.55 Å². The first-order valence-corrected chi connectivity index (χ1v) is 8.47. The molecule has 6 nitrogen and oxygen atoms in total. The van der Waals surface area contributed by atoms with Gasteiger partial charge < -0.3 is 10.1 Å². The molecule has 0 aliphatic rings. The summed E-state index contributed by atoms with van der Waals surface area (Å²) < 4.78 is 35.5. The van der Waals surface area contributed by atoms with Gasteiger partial charge in [0.05, 0.1) is 5.75 Å². The number of alkyl carbamates (subject to hydrolysis) is 1. The van der Waals surface area contributed by atoms with Gasteiger partial charge in [-0.1, -0.05) is 0 Å². The third-order valence-corrected chi connectivity index (χ3v) is 3.27. The van der Waals surface area contributed by atoms with Crippen molar-refractivity contribution < 1.29 is 22.5 Å². The van der Waals surface area contributed by atoms with Crippen LogP contribution in [0.3, 0.4) is 0 Å². The van der Waals surface area contributed by atoms with E-state index in [-0.39, 0.29) is 0 Å². The first-order valence-electron chi connectivity index (χ1n) is 5.47. The number of ether oxygens (including phenoxy) is 1. The molecule has 0 aromatic heterocycles. The Morgan fingerprint density at radius 2 is 2.00 bits per heavy atom. The van der Waals surface area contributed by atoms with Gasteiger partial charge in [-0.05, 0) is 39.2 Å². The van der Waals surface area contributed by atoms with Crippen molar-refractivity contribution in [2.75, 3.05) is 17.8 Å². The maximum Gasteiger partial charge on any atom is 0.407 e. The fourth-order valence-corrected chi connectivity index (χ4v) is 2.46. The smallest absolute Gasteiger partial charge is 0.407 e. The van der Waals surface area contributed by atoms with E-state index in [4.69, 9.17) is 9.29 Å². The summed E-state index contributed by atoms with van der Waals surface area (Å²) in [6.07, 6.45) is 1.63. The predicted octanol–water partition coefficient (Wildman–Crippen LogP) is 1.52. The summed E-state index contributed by atoms with van der Waals surface area (Å²) in [6, 6.07) is -0.651. The number of thioether (sulfide) groups is 1. The highest BCUT2D eigenvalue weighted by molar-refractivity contribution is 7.98. The second kappa shape index (κ2) is 7.20. The number of carbonyl (C=O) groups excluding carboxylic acids is 1. The van der Waals surface area contributed by atoms with Crippen LogP contribution in [0.1, 0.15) is 27.2 Å². The normalized spacial score (nSPS) is 14.1. The average Bonchev–Trinajstić information content (AvgIpc) is 2.08. The lowest BCUT2D eigenvalue weighted by molar-refractivity contribution is 0.0508. The summed E-state index contributed by atoms with van der Waals surface area (Å²) >= 11 is 1.53. The molecule has 0 bridgehead atoms. The molecule has 0 radical (unpaired) electrons. The van der Waals surface area contributed by atoms with Crippen LogP contribution in [0.2, 0.25) is 0 Å². The van der Waals surface area contributed by atoms with Gasteiger partial charge in [0.2, 0.25) is 0 Å². The van der Waals surface area contributed by atoms with Crippen molar-refractivity contribution in [1.82, 2.24) is 5.32 Å². The molecular formula is C10H21NO5S2. The van der Waals surface area contributed by atoms with Crippen LogP contribution in [-0.4, -0.2) is 48.5 Å². The van der Waals surface area contributed by atoms with Crippen LogP contribution in [0, 0.1) is 0 Å². The highest BCUT2D eigenvalue weighted by Gasteiger charge is 2.22. The molecule has 0 aromatic carbocycles. The third kappa shape index (κ3) is 10.7. The Kier molecular flexibility index (Phi) is 7.01. The van der Waals surface area contributed by atoms with Gasteiger partial charge in [-0.15, -0.1) is 0 Å². The van der Waals surface area contributed by atoms with Gasteiger partial charge in [-0.2, -0.15) is 20.2 Å². The molecule has 0 rings (SSSR count). The fraction of sp³-hybridized carbons (Fsp3) is 0.900. The van der Waals surface area contributed by atoms with E-state index in [0.29, 0.717) is 12.2 Å². The van der Waals surface area contributed by atoms with Crippen molar-refractivity contribution in [3.63, 3.8) is 0 Å². The zero-order chi connectivity index (χ0) is 14.4. The van der Waals surface area contributed by atoms with Gasteiger partial charge in [0.25, 0.3) is 10.1 Å². The van der Waals surface area contributed by atoms with E-state index in [9.17, 15) is 13.2 Å². The molecule has 0 aromatic rings. The van der Waals surface area contributed by atoms with Gasteiger partial charge >= 0.3 is 6.09 Å². The molecule has 18 heavy (non-hydrogen) atoms. The lowest BCUT2D eigenvalue weighted by atomic mass is 10.2. The van der Waals surface area contributed by atoms with Gasteiger partial charge in [0.15, 0.2) is 0 Å². The predicted molar refractivity (Wildman–Crippen MR) is 72.6 cm³/mol. The van der Waals surface area contributed by atoms with Crippen molar-refractivity contribution in [3.05, 3.63) is 0 Å². The van der Waals surface area contributed by atoms with Crippen LogP contribution in [-0.2, 0) is 14.9 Å². The van der Waals surface area contributed by atoms with Crippen LogP contribution < -0.4 is 5.32 Å². The molecule has 0 saturated carbocycles. The monoisotopic (exact) mass is 299 g/mol. The Morgan fingerprint density at radius 1 is 1.44 bits per heavy atom. The quantitative estimate of drug-likeness (QED) is 0.722. The summed E-state index contributed by atoms with van der Waals surface area (Å²) in [5, 5.41) is 2.45. The second-order valence-electron chi connectivity index (χ2n) is 4.87. The third-order valence-electron chi connectivity index (χ3n) is 1.80.